The Hall–Kier alpha value is -0.830. The van der Waals surface area contributed by atoms with Gasteiger partial charge in [-0.05, 0) is 25.8 Å². The van der Waals surface area contributed by atoms with Crippen LogP contribution in [0, 0.1) is 0 Å². The summed E-state index contributed by atoms with van der Waals surface area (Å²) in [6.07, 6.45) is 1.78. The molecule has 0 aliphatic rings. The fourth-order valence-electron chi connectivity index (χ4n) is 1.87. The Labute approximate surface area is 150 Å². The topological polar surface area (TPSA) is 70.6 Å². The molecule has 1 rings (SSSR count). The van der Waals surface area contributed by atoms with Crippen molar-refractivity contribution < 1.29 is 8.42 Å². The van der Waals surface area contributed by atoms with Crippen LogP contribution in [0.15, 0.2) is 35.3 Å². The minimum atomic E-state index is -2.91. The van der Waals surface area contributed by atoms with Gasteiger partial charge >= 0.3 is 0 Å². The van der Waals surface area contributed by atoms with E-state index in [-0.39, 0.29) is 35.8 Å². The average Bonchev–Trinajstić information content (AvgIpc) is 2.43. The molecule has 1 aromatic carbocycles. The van der Waals surface area contributed by atoms with Crippen LogP contribution in [0.5, 0.6) is 0 Å². The number of rotatable bonds is 7. The zero-order valence-electron chi connectivity index (χ0n) is 13.4. The molecular weight excluding hydrogens is 413 g/mol. The van der Waals surface area contributed by atoms with Crippen molar-refractivity contribution in [1.82, 2.24) is 10.6 Å². The number of hydrogen-bond donors (Lipinski definition) is 2. The molecule has 0 aliphatic carbocycles. The van der Waals surface area contributed by atoms with Gasteiger partial charge in [0.1, 0.15) is 9.84 Å². The smallest absolute Gasteiger partial charge is 0.191 e. The van der Waals surface area contributed by atoms with E-state index < -0.39 is 9.84 Å². The van der Waals surface area contributed by atoms with Gasteiger partial charge in [-0.25, -0.2) is 8.42 Å². The molecule has 0 fully saturated rings. The van der Waals surface area contributed by atoms with E-state index in [1.54, 1.807) is 0 Å². The number of nitrogens with one attached hydrogen (secondary N) is 2. The Kier molecular flexibility index (Phi) is 10.4. The van der Waals surface area contributed by atoms with Crippen LogP contribution >= 0.6 is 24.0 Å². The van der Waals surface area contributed by atoms with Crippen LogP contribution < -0.4 is 10.6 Å². The molecule has 0 spiro atoms. The number of halogens is 1. The summed E-state index contributed by atoms with van der Waals surface area (Å²) < 4.78 is 22.2. The lowest BCUT2D eigenvalue weighted by Gasteiger charge is -2.18. The minimum absolute atomic E-state index is 0. The predicted octanol–water partition coefficient (Wildman–Crippen LogP) is 2.36. The molecular formula is C15H26IN3O2S. The summed E-state index contributed by atoms with van der Waals surface area (Å²) in [5.41, 5.74) is 1.18. The van der Waals surface area contributed by atoms with Crippen LogP contribution in [0.1, 0.15) is 31.9 Å². The van der Waals surface area contributed by atoms with Crippen molar-refractivity contribution in [3.05, 3.63) is 35.9 Å². The van der Waals surface area contributed by atoms with Gasteiger partial charge < -0.3 is 10.6 Å². The third kappa shape index (κ3) is 9.24. The summed E-state index contributed by atoms with van der Waals surface area (Å²) in [6, 6.07) is 10.3. The van der Waals surface area contributed by atoms with E-state index in [2.05, 4.69) is 34.7 Å². The predicted molar refractivity (Wildman–Crippen MR) is 104 cm³/mol. The largest absolute Gasteiger partial charge is 0.357 e. The van der Waals surface area contributed by atoms with Crippen molar-refractivity contribution in [2.24, 2.45) is 4.99 Å². The van der Waals surface area contributed by atoms with E-state index in [1.807, 2.05) is 25.1 Å². The van der Waals surface area contributed by atoms with Crippen molar-refractivity contribution in [1.29, 1.82) is 0 Å². The number of aliphatic imine (C=N–C) groups is 1. The van der Waals surface area contributed by atoms with Crippen molar-refractivity contribution in [2.45, 2.75) is 26.3 Å². The van der Waals surface area contributed by atoms with Crippen LogP contribution in [0.4, 0.5) is 0 Å². The Morgan fingerprint density at radius 1 is 1.27 bits per heavy atom. The summed E-state index contributed by atoms with van der Waals surface area (Å²) in [5.74, 6) is 0.881. The first-order valence-corrected chi connectivity index (χ1v) is 9.26. The summed E-state index contributed by atoms with van der Waals surface area (Å²) in [7, 11) is -2.91. The van der Waals surface area contributed by atoms with Gasteiger partial charge in [0.2, 0.25) is 0 Å². The first-order valence-electron chi connectivity index (χ1n) is 7.20. The lowest BCUT2D eigenvalue weighted by Crippen LogP contribution is -2.38. The molecule has 0 radical (unpaired) electrons. The molecule has 7 heteroatoms. The molecule has 5 nitrogen and oxygen atoms in total. The highest BCUT2D eigenvalue weighted by atomic mass is 127. The maximum atomic E-state index is 11.1. The standard InChI is InChI=1S/C15H25N3O2S.HI/c1-4-16-15(17-11-8-12-21(3,19)20)18-13(2)14-9-6-5-7-10-14;/h5-7,9-10,13H,4,8,11-12H2,1-3H3,(H2,16,17,18);1H. The molecule has 0 heterocycles. The summed E-state index contributed by atoms with van der Waals surface area (Å²) in [5, 5.41) is 6.49. The Bertz CT molecular complexity index is 547. The molecule has 1 atom stereocenters. The first kappa shape index (κ1) is 21.2. The molecule has 0 amide bonds. The van der Waals surface area contributed by atoms with Crippen molar-refractivity contribution in [3.63, 3.8) is 0 Å². The SMILES string of the molecule is CCNC(=NCCCS(C)(=O)=O)NC(C)c1ccccc1.I. The van der Waals surface area contributed by atoms with E-state index >= 15 is 0 Å². The van der Waals surface area contributed by atoms with E-state index in [0.29, 0.717) is 18.9 Å². The molecule has 2 N–H and O–H groups in total. The van der Waals surface area contributed by atoms with Crippen LogP contribution in [-0.4, -0.2) is 39.5 Å². The third-order valence-corrected chi connectivity index (χ3v) is 3.97. The Morgan fingerprint density at radius 3 is 2.45 bits per heavy atom. The second-order valence-corrected chi connectivity index (χ2v) is 7.28. The Morgan fingerprint density at radius 2 is 1.91 bits per heavy atom. The van der Waals surface area contributed by atoms with Crippen LogP contribution in [0.2, 0.25) is 0 Å². The summed E-state index contributed by atoms with van der Waals surface area (Å²) >= 11 is 0. The second-order valence-electron chi connectivity index (χ2n) is 5.02. The van der Waals surface area contributed by atoms with Crippen molar-refractivity contribution in [2.75, 3.05) is 25.1 Å². The molecule has 126 valence electrons. The van der Waals surface area contributed by atoms with Gasteiger partial charge in [-0.1, -0.05) is 30.3 Å². The van der Waals surface area contributed by atoms with Gasteiger partial charge in [0, 0.05) is 19.3 Å². The quantitative estimate of drug-likeness (QED) is 0.296. The Balaban J connectivity index is 0.00000441. The highest BCUT2D eigenvalue weighted by Crippen LogP contribution is 2.10. The maximum Gasteiger partial charge on any atom is 0.191 e. The fraction of sp³-hybridized carbons (Fsp3) is 0.533. The lowest BCUT2D eigenvalue weighted by molar-refractivity contribution is 0.599. The first-order chi connectivity index (χ1) is 9.92. The highest BCUT2D eigenvalue weighted by molar-refractivity contribution is 14.0. The van der Waals surface area contributed by atoms with Gasteiger partial charge in [0.25, 0.3) is 0 Å². The fourth-order valence-corrected chi connectivity index (χ4v) is 2.52. The molecule has 22 heavy (non-hydrogen) atoms. The van der Waals surface area contributed by atoms with Crippen molar-refractivity contribution in [3.8, 4) is 0 Å². The molecule has 1 aromatic rings. The number of sulfone groups is 1. The molecule has 1 unspecified atom stereocenters. The van der Waals surface area contributed by atoms with Gasteiger partial charge in [-0.3, -0.25) is 4.99 Å². The van der Waals surface area contributed by atoms with Gasteiger partial charge in [0.05, 0.1) is 11.8 Å². The lowest BCUT2D eigenvalue weighted by atomic mass is 10.1. The van der Waals surface area contributed by atoms with Gasteiger partial charge in [-0.15, -0.1) is 24.0 Å². The van der Waals surface area contributed by atoms with E-state index in [1.165, 1.54) is 11.8 Å². The van der Waals surface area contributed by atoms with Crippen molar-refractivity contribution >= 4 is 39.8 Å². The second kappa shape index (κ2) is 10.8. The monoisotopic (exact) mass is 439 g/mol. The molecule has 0 aliphatic heterocycles. The normalized spacial score (nSPS) is 13.1. The minimum Gasteiger partial charge on any atom is -0.357 e. The molecule has 0 bridgehead atoms. The zero-order chi connectivity index (χ0) is 15.7. The molecule has 0 saturated heterocycles. The summed E-state index contributed by atoms with van der Waals surface area (Å²) in [6.45, 7) is 5.32. The highest BCUT2D eigenvalue weighted by Gasteiger charge is 2.07. The maximum absolute atomic E-state index is 11.1. The van der Waals surface area contributed by atoms with E-state index in [0.717, 1.165) is 6.54 Å². The van der Waals surface area contributed by atoms with Gasteiger partial charge in [0.15, 0.2) is 5.96 Å². The number of guanidine groups is 1. The summed E-state index contributed by atoms with van der Waals surface area (Å²) in [4.78, 5) is 4.41. The zero-order valence-corrected chi connectivity index (χ0v) is 16.5. The number of nitrogens with zero attached hydrogens (tertiary/aromatic N) is 1. The van der Waals surface area contributed by atoms with E-state index in [4.69, 9.17) is 0 Å². The molecule has 0 aromatic heterocycles. The van der Waals surface area contributed by atoms with Crippen LogP contribution in [0.25, 0.3) is 0 Å². The average molecular weight is 439 g/mol. The van der Waals surface area contributed by atoms with Crippen LogP contribution in [0.3, 0.4) is 0 Å². The van der Waals surface area contributed by atoms with Crippen LogP contribution in [-0.2, 0) is 9.84 Å². The third-order valence-electron chi connectivity index (χ3n) is 2.94. The number of benzene rings is 1. The molecule has 0 saturated carbocycles. The number of hydrogen-bond acceptors (Lipinski definition) is 3. The van der Waals surface area contributed by atoms with Gasteiger partial charge in [-0.2, -0.15) is 0 Å². The van der Waals surface area contributed by atoms with E-state index in [9.17, 15) is 8.42 Å².